The number of anilines is 1. The monoisotopic (exact) mass is 417 g/mol. The molecule has 0 aliphatic heterocycles. The van der Waals surface area contributed by atoms with Gasteiger partial charge in [-0.05, 0) is 38.3 Å². The van der Waals surface area contributed by atoms with Crippen LogP contribution in [0.1, 0.15) is 65.7 Å². The quantitative estimate of drug-likeness (QED) is 0.674. The molecule has 0 saturated carbocycles. The molecule has 0 saturated heterocycles. The molecule has 3 N–H and O–H groups in total. The first-order valence-corrected chi connectivity index (χ1v) is 10.9. The number of amides is 2. The minimum Gasteiger partial charge on any atom is -0.355 e. The molecule has 0 bridgehead atoms. The van der Waals surface area contributed by atoms with Gasteiger partial charge in [-0.1, -0.05) is 20.8 Å². The van der Waals surface area contributed by atoms with Gasteiger partial charge < -0.3 is 16.0 Å². The van der Waals surface area contributed by atoms with Gasteiger partial charge in [0.2, 0.25) is 5.91 Å². The Morgan fingerprint density at radius 3 is 2.59 bits per heavy atom. The molecule has 7 nitrogen and oxygen atoms in total. The number of hydrogen-bond acceptors (Lipinski definition) is 5. The Balaban J connectivity index is 1.81. The van der Waals surface area contributed by atoms with Crippen molar-refractivity contribution in [2.45, 2.75) is 65.0 Å². The minimum absolute atomic E-state index is 0.104. The Morgan fingerprint density at radius 2 is 1.93 bits per heavy atom. The Labute approximate surface area is 176 Å². The van der Waals surface area contributed by atoms with E-state index >= 15 is 0 Å². The maximum atomic E-state index is 12.8. The van der Waals surface area contributed by atoms with Crippen molar-refractivity contribution in [3.8, 4) is 0 Å². The largest absolute Gasteiger partial charge is 0.355 e. The molecule has 2 amide bonds. The molecule has 0 spiro atoms. The fourth-order valence-electron chi connectivity index (χ4n) is 3.83. The van der Waals surface area contributed by atoms with Crippen LogP contribution >= 0.6 is 11.3 Å². The molecule has 29 heavy (non-hydrogen) atoms. The summed E-state index contributed by atoms with van der Waals surface area (Å²) in [6, 6.07) is 0. The first-order valence-electron chi connectivity index (χ1n) is 10.1. The topological polar surface area (TPSA) is 88.0 Å². The zero-order valence-corrected chi connectivity index (χ0v) is 18.8. The normalized spacial score (nSPS) is 13.8. The summed E-state index contributed by atoms with van der Waals surface area (Å²) in [5.41, 5.74) is 3.70. The third-order valence-electron chi connectivity index (χ3n) is 5.10. The van der Waals surface area contributed by atoms with Crippen molar-refractivity contribution in [2.75, 3.05) is 19.4 Å². The van der Waals surface area contributed by atoms with E-state index in [-0.39, 0.29) is 23.8 Å². The average Bonchev–Trinajstić information content (AvgIpc) is 3.22. The van der Waals surface area contributed by atoms with Crippen LogP contribution in [0.2, 0.25) is 0 Å². The van der Waals surface area contributed by atoms with Crippen LogP contribution in [-0.2, 0) is 36.1 Å². The Hall–Kier alpha value is -2.19. The second kappa shape index (κ2) is 8.67. The van der Waals surface area contributed by atoms with Crippen LogP contribution < -0.4 is 16.0 Å². The van der Waals surface area contributed by atoms with Crippen LogP contribution in [0.3, 0.4) is 0 Å². The number of rotatable bonds is 6. The summed E-state index contributed by atoms with van der Waals surface area (Å²) >= 11 is 1.53. The smallest absolute Gasteiger partial charge is 0.254 e. The van der Waals surface area contributed by atoms with Crippen LogP contribution in [-0.4, -0.2) is 35.7 Å². The van der Waals surface area contributed by atoms with Crippen molar-refractivity contribution >= 4 is 28.2 Å². The lowest BCUT2D eigenvalue weighted by molar-refractivity contribution is -0.116. The number of aryl methyl sites for hydroxylation is 1. The molecule has 158 valence electrons. The standard InChI is InChI=1S/C21H31N5O2S/c1-21(2,3)18-13(10-22-4)11-26(25-18)12-16(27)24-20-17(19(28)23-5)14-8-6-7-9-15(14)29-20/h11,22H,6-10,12H2,1-5H3,(H,23,28)(H,24,27). The van der Waals surface area contributed by atoms with E-state index in [1.54, 1.807) is 11.7 Å². The van der Waals surface area contributed by atoms with E-state index in [1.165, 1.54) is 16.2 Å². The highest BCUT2D eigenvalue weighted by Gasteiger charge is 2.26. The van der Waals surface area contributed by atoms with Gasteiger partial charge in [0.05, 0.1) is 11.3 Å². The highest BCUT2D eigenvalue weighted by atomic mass is 32.1. The fourth-order valence-corrected chi connectivity index (χ4v) is 5.13. The highest BCUT2D eigenvalue weighted by molar-refractivity contribution is 7.17. The fraction of sp³-hybridized carbons (Fsp3) is 0.571. The summed E-state index contributed by atoms with van der Waals surface area (Å²) in [4.78, 5) is 26.4. The Kier molecular flexibility index (Phi) is 6.43. The Morgan fingerprint density at radius 1 is 1.21 bits per heavy atom. The number of fused-ring (bicyclic) bond motifs is 1. The number of aromatic nitrogens is 2. The van der Waals surface area contributed by atoms with Gasteiger partial charge >= 0.3 is 0 Å². The van der Waals surface area contributed by atoms with E-state index in [2.05, 4.69) is 41.8 Å². The van der Waals surface area contributed by atoms with Gasteiger partial charge in [-0.15, -0.1) is 11.3 Å². The van der Waals surface area contributed by atoms with Gasteiger partial charge in [0.1, 0.15) is 11.5 Å². The lowest BCUT2D eigenvalue weighted by Gasteiger charge is -2.17. The van der Waals surface area contributed by atoms with Gasteiger partial charge in [0.25, 0.3) is 5.91 Å². The average molecular weight is 418 g/mol. The summed E-state index contributed by atoms with van der Waals surface area (Å²) in [6.45, 7) is 7.16. The number of nitrogens with one attached hydrogen (secondary N) is 3. The molecule has 0 radical (unpaired) electrons. The molecule has 8 heteroatoms. The Bertz CT molecular complexity index is 907. The second-order valence-electron chi connectivity index (χ2n) is 8.52. The highest BCUT2D eigenvalue weighted by Crippen LogP contribution is 2.38. The van der Waals surface area contributed by atoms with Crippen molar-refractivity contribution in [3.05, 3.63) is 33.5 Å². The summed E-state index contributed by atoms with van der Waals surface area (Å²) < 4.78 is 1.69. The minimum atomic E-state index is -0.173. The lowest BCUT2D eigenvalue weighted by Crippen LogP contribution is -2.24. The predicted molar refractivity (Wildman–Crippen MR) is 117 cm³/mol. The lowest BCUT2D eigenvalue weighted by atomic mass is 9.89. The van der Waals surface area contributed by atoms with E-state index < -0.39 is 0 Å². The molecule has 0 unspecified atom stereocenters. The molecular formula is C21H31N5O2S. The third-order valence-corrected chi connectivity index (χ3v) is 6.31. The van der Waals surface area contributed by atoms with E-state index in [0.29, 0.717) is 17.1 Å². The van der Waals surface area contributed by atoms with Crippen LogP contribution in [0.4, 0.5) is 5.00 Å². The van der Waals surface area contributed by atoms with Crippen molar-refractivity contribution in [2.24, 2.45) is 0 Å². The number of carbonyl (C=O) groups excluding carboxylic acids is 2. The van der Waals surface area contributed by atoms with Gasteiger partial charge in [0.15, 0.2) is 0 Å². The van der Waals surface area contributed by atoms with E-state index in [9.17, 15) is 9.59 Å². The molecule has 0 atom stereocenters. The first-order chi connectivity index (χ1) is 13.7. The van der Waals surface area contributed by atoms with Crippen LogP contribution in [0.5, 0.6) is 0 Å². The molecule has 2 aromatic rings. The number of carbonyl (C=O) groups is 2. The maximum Gasteiger partial charge on any atom is 0.254 e. The zero-order chi connectivity index (χ0) is 21.2. The summed E-state index contributed by atoms with van der Waals surface area (Å²) in [6.07, 6.45) is 6.01. The summed E-state index contributed by atoms with van der Waals surface area (Å²) in [5.74, 6) is -0.308. The number of thiophene rings is 1. The van der Waals surface area contributed by atoms with Crippen molar-refractivity contribution in [1.82, 2.24) is 20.4 Å². The molecular weight excluding hydrogens is 386 g/mol. The first kappa shape index (κ1) is 21.5. The number of nitrogens with zero attached hydrogens (tertiary/aromatic N) is 2. The summed E-state index contributed by atoms with van der Waals surface area (Å²) in [7, 11) is 3.53. The van der Waals surface area contributed by atoms with Crippen LogP contribution in [0.25, 0.3) is 0 Å². The molecule has 3 rings (SSSR count). The van der Waals surface area contributed by atoms with Gasteiger partial charge in [-0.2, -0.15) is 5.10 Å². The van der Waals surface area contributed by atoms with E-state index in [4.69, 9.17) is 0 Å². The molecule has 0 fully saturated rings. The van der Waals surface area contributed by atoms with E-state index in [1.807, 2.05) is 13.2 Å². The molecule has 1 aliphatic carbocycles. The predicted octanol–water partition coefficient (Wildman–Crippen LogP) is 2.84. The molecule has 2 heterocycles. The van der Waals surface area contributed by atoms with Crippen LogP contribution in [0.15, 0.2) is 6.20 Å². The maximum absolute atomic E-state index is 12.8. The van der Waals surface area contributed by atoms with E-state index in [0.717, 1.165) is 42.5 Å². The third kappa shape index (κ3) is 4.70. The molecule has 2 aromatic heterocycles. The van der Waals surface area contributed by atoms with Gasteiger partial charge in [0, 0.05) is 35.6 Å². The summed E-state index contributed by atoms with van der Waals surface area (Å²) in [5, 5.41) is 14.2. The molecule has 0 aromatic carbocycles. The SMILES string of the molecule is CNCc1cn(CC(=O)Nc2sc3c(c2C(=O)NC)CCCC3)nc1C(C)(C)C. The van der Waals surface area contributed by atoms with Crippen LogP contribution in [0, 0.1) is 0 Å². The number of hydrogen-bond donors (Lipinski definition) is 3. The van der Waals surface area contributed by atoms with Crippen molar-refractivity contribution < 1.29 is 9.59 Å². The van der Waals surface area contributed by atoms with Gasteiger partial charge in [-0.3, -0.25) is 14.3 Å². The van der Waals surface area contributed by atoms with Crippen molar-refractivity contribution in [1.29, 1.82) is 0 Å². The molecule has 1 aliphatic rings. The van der Waals surface area contributed by atoms with Crippen molar-refractivity contribution in [3.63, 3.8) is 0 Å². The zero-order valence-electron chi connectivity index (χ0n) is 17.9. The van der Waals surface area contributed by atoms with Gasteiger partial charge in [-0.25, -0.2) is 0 Å². The second-order valence-corrected chi connectivity index (χ2v) is 9.63.